The molecule has 0 radical (unpaired) electrons. The zero-order valence-electron chi connectivity index (χ0n) is 11.8. The molecule has 10 heteroatoms. The Balaban J connectivity index is 1.99. The number of nitrogens with zero attached hydrogens (tertiary/aromatic N) is 3. The van der Waals surface area contributed by atoms with Crippen LogP contribution in [0.15, 0.2) is 30.3 Å². The molecule has 0 saturated carbocycles. The highest BCUT2D eigenvalue weighted by molar-refractivity contribution is 8.02. The lowest BCUT2D eigenvalue weighted by atomic mass is 10.5. The predicted molar refractivity (Wildman–Crippen MR) is 85.4 cm³/mol. The summed E-state index contributed by atoms with van der Waals surface area (Å²) >= 11 is 4.66. The summed E-state index contributed by atoms with van der Waals surface area (Å²) in [4.78, 5) is 0. The van der Waals surface area contributed by atoms with Crippen molar-refractivity contribution in [3.8, 4) is 0 Å². The van der Waals surface area contributed by atoms with E-state index in [1.807, 2.05) is 0 Å². The fourth-order valence-electron chi connectivity index (χ4n) is 1.32. The lowest BCUT2D eigenvalue weighted by molar-refractivity contribution is 0.408. The van der Waals surface area contributed by atoms with Crippen LogP contribution in [0.3, 0.4) is 0 Å². The lowest BCUT2D eigenvalue weighted by Crippen LogP contribution is -2.21. The number of rotatable bonds is 7. The highest BCUT2D eigenvalue weighted by Gasteiger charge is 2.21. The van der Waals surface area contributed by atoms with Crippen LogP contribution >= 0.6 is 34.9 Å². The van der Waals surface area contributed by atoms with Crippen molar-refractivity contribution in [3.63, 3.8) is 0 Å². The molecule has 0 bridgehead atoms. The molecule has 2 heterocycles. The fourth-order valence-corrected chi connectivity index (χ4v) is 4.95. The van der Waals surface area contributed by atoms with Crippen LogP contribution < -0.4 is 0 Å². The molecule has 0 amide bonds. The van der Waals surface area contributed by atoms with Gasteiger partial charge < -0.3 is 4.42 Å². The minimum absolute atomic E-state index is 0.0393. The maximum atomic E-state index is 11.9. The van der Waals surface area contributed by atoms with Gasteiger partial charge >= 0.3 is 0 Å². The largest absolute Gasteiger partial charge is 0.447 e. The Labute approximate surface area is 136 Å². The second-order valence-corrected chi connectivity index (χ2v) is 9.86. The first-order valence-electron chi connectivity index (χ1n) is 6.04. The van der Waals surface area contributed by atoms with Crippen molar-refractivity contribution in [1.82, 2.24) is 14.5 Å². The average molecular weight is 366 g/mol. The monoisotopic (exact) mass is 365 g/mol. The molecular weight excluding hydrogens is 350 g/mol. The highest BCUT2D eigenvalue weighted by Crippen LogP contribution is 2.31. The van der Waals surface area contributed by atoms with E-state index in [2.05, 4.69) is 17.1 Å². The Morgan fingerprint density at radius 3 is 2.52 bits per heavy atom. The quantitative estimate of drug-likeness (QED) is 0.698. The number of thioether (sulfide) groups is 2. The van der Waals surface area contributed by atoms with Gasteiger partial charge in [0, 0.05) is 14.1 Å². The summed E-state index contributed by atoms with van der Waals surface area (Å²) in [7, 11) is -0.568. The summed E-state index contributed by atoms with van der Waals surface area (Å²) in [6, 6.07) is 3.15. The van der Waals surface area contributed by atoms with Gasteiger partial charge in [-0.25, -0.2) is 12.7 Å². The van der Waals surface area contributed by atoms with Gasteiger partial charge in [-0.1, -0.05) is 41.8 Å². The van der Waals surface area contributed by atoms with Crippen LogP contribution in [0.25, 0.3) is 0 Å². The summed E-state index contributed by atoms with van der Waals surface area (Å²) in [5, 5.41) is 8.10. The summed E-state index contributed by atoms with van der Waals surface area (Å²) in [5.41, 5.74) is 0. The van der Waals surface area contributed by atoms with Crippen molar-refractivity contribution in [1.29, 1.82) is 0 Å². The second kappa shape index (κ2) is 7.14. The third kappa shape index (κ3) is 4.22. The van der Waals surface area contributed by atoms with Crippen LogP contribution in [0.5, 0.6) is 0 Å². The molecular formula is C11H15N3O3S4. The molecule has 0 aliphatic carbocycles. The maximum absolute atomic E-state index is 11.9. The van der Waals surface area contributed by atoms with Crippen molar-refractivity contribution in [2.24, 2.45) is 0 Å². The summed E-state index contributed by atoms with van der Waals surface area (Å²) in [6.45, 7) is 2.06. The van der Waals surface area contributed by atoms with Crippen LogP contribution in [-0.4, -0.2) is 42.8 Å². The van der Waals surface area contributed by atoms with Crippen LogP contribution in [0.4, 0.5) is 0 Å². The molecule has 0 atom stereocenters. The number of sulfonamides is 1. The Morgan fingerprint density at radius 1 is 1.24 bits per heavy atom. The van der Waals surface area contributed by atoms with E-state index in [9.17, 15) is 8.42 Å². The van der Waals surface area contributed by atoms with E-state index in [1.165, 1.54) is 43.3 Å². The van der Waals surface area contributed by atoms with Gasteiger partial charge in [0.15, 0.2) is 8.68 Å². The first kappa shape index (κ1) is 16.8. The van der Waals surface area contributed by atoms with Gasteiger partial charge in [0.25, 0.3) is 10.0 Å². The summed E-state index contributed by atoms with van der Waals surface area (Å²) < 4.78 is 32.1. The molecule has 2 aromatic heterocycles. The smallest absolute Gasteiger partial charge is 0.275 e. The molecule has 0 aliphatic heterocycles. The summed E-state index contributed by atoms with van der Waals surface area (Å²) in [6.07, 6.45) is 0. The SMILES string of the molecule is CCSc1nnc(SCc2ccc(S(=O)(=O)N(C)C)o2)s1. The number of aromatic nitrogens is 2. The molecule has 21 heavy (non-hydrogen) atoms. The van der Waals surface area contributed by atoms with Crippen molar-refractivity contribution in [2.45, 2.75) is 26.4 Å². The number of hydrogen-bond donors (Lipinski definition) is 0. The first-order chi connectivity index (χ1) is 9.93. The van der Waals surface area contributed by atoms with E-state index >= 15 is 0 Å². The molecule has 0 saturated heterocycles. The topological polar surface area (TPSA) is 76.3 Å². The van der Waals surface area contributed by atoms with Gasteiger partial charge in [-0.15, -0.1) is 10.2 Å². The molecule has 0 aromatic carbocycles. The molecule has 0 aliphatic rings. The Morgan fingerprint density at radius 2 is 1.90 bits per heavy atom. The molecule has 0 spiro atoms. The highest BCUT2D eigenvalue weighted by atomic mass is 32.2. The zero-order valence-corrected chi connectivity index (χ0v) is 15.0. The Kier molecular flexibility index (Phi) is 5.72. The lowest BCUT2D eigenvalue weighted by Gasteiger charge is -2.07. The standard InChI is InChI=1S/C11H15N3O3S4/c1-4-18-10-12-13-11(20-10)19-7-8-5-6-9(17-8)21(15,16)14(2)3/h5-6H,4,7H2,1-3H3. The molecule has 0 N–H and O–H groups in total. The van der Waals surface area contributed by atoms with E-state index in [0.717, 1.165) is 18.7 Å². The maximum Gasteiger partial charge on any atom is 0.275 e. The first-order valence-corrected chi connectivity index (χ1v) is 10.3. The molecule has 2 rings (SSSR count). The normalized spacial score (nSPS) is 12.2. The van der Waals surface area contributed by atoms with Crippen LogP contribution in [0.2, 0.25) is 0 Å². The van der Waals surface area contributed by atoms with Crippen molar-refractivity contribution >= 4 is 44.9 Å². The molecule has 116 valence electrons. The summed E-state index contributed by atoms with van der Waals surface area (Å²) in [5.74, 6) is 2.08. The van der Waals surface area contributed by atoms with Crippen LogP contribution in [0, 0.1) is 0 Å². The third-order valence-electron chi connectivity index (χ3n) is 2.37. The van der Waals surface area contributed by atoms with E-state index < -0.39 is 10.0 Å². The van der Waals surface area contributed by atoms with Gasteiger partial charge in [0.1, 0.15) is 5.76 Å². The van der Waals surface area contributed by atoms with Crippen molar-refractivity contribution in [3.05, 3.63) is 17.9 Å². The third-order valence-corrected chi connectivity index (χ3v) is 7.15. The average Bonchev–Trinajstić information content (AvgIpc) is 3.05. The van der Waals surface area contributed by atoms with Crippen LogP contribution in [-0.2, 0) is 15.8 Å². The van der Waals surface area contributed by atoms with Crippen LogP contribution in [0.1, 0.15) is 12.7 Å². The van der Waals surface area contributed by atoms with Crippen molar-refractivity contribution in [2.75, 3.05) is 19.8 Å². The predicted octanol–water partition coefficient (Wildman–Crippen LogP) is 2.79. The number of hydrogen-bond acceptors (Lipinski definition) is 8. The Bertz CT molecular complexity index is 693. The van der Waals surface area contributed by atoms with Gasteiger partial charge in [0.05, 0.1) is 5.75 Å². The van der Waals surface area contributed by atoms with E-state index in [-0.39, 0.29) is 5.09 Å². The molecule has 0 unspecified atom stereocenters. The van der Waals surface area contributed by atoms with Gasteiger partial charge in [-0.2, -0.15) is 0 Å². The molecule has 2 aromatic rings. The van der Waals surface area contributed by atoms with Gasteiger partial charge in [-0.05, 0) is 17.9 Å². The minimum Gasteiger partial charge on any atom is -0.447 e. The van der Waals surface area contributed by atoms with Crippen molar-refractivity contribution < 1.29 is 12.8 Å². The van der Waals surface area contributed by atoms with Gasteiger partial charge in [0.2, 0.25) is 5.09 Å². The minimum atomic E-state index is -3.51. The second-order valence-electron chi connectivity index (χ2n) is 4.06. The van der Waals surface area contributed by atoms with E-state index in [4.69, 9.17) is 4.42 Å². The number of furan rings is 1. The van der Waals surface area contributed by atoms with E-state index in [1.54, 1.807) is 17.8 Å². The Hall–Kier alpha value is -0.550. The molecule has 0 fully saturated rings. The van der Waals surface area contributed by atoms with Gasteiger partial charge in [-0.3, -0.25) is 0 Å². The molecule has 6 nitrogen and oxygen atoms in total. The zero-order chi connectivity index (χ0) is 15.5. The fraction of sp³-hybridized carbons (Fsp3) is 0.455. The van der Waals surface area contributed by atoms with E-state index in [0.29, 0.717) is 11.5 Å².